The number of halogens is 1. The van der Waals surface area contributed by atoms with E-state index >= 15 is 0 Å². The van der Waals surface area contributed by atoms with Crippen LogP contribution in [0.25, 0.3) is 43.4 Å². The summed E-state index contributed by atoms with van der Waals surface area (Å²) in [6.07, 6.45) is 0. The van der Waals surface area contributed by atoms with Crippen molar-refractivity contribution in [3.05, 3.63) is 64.1 Å². The molecule has 0 saturated heterocycles. The van der Waals surface area contributed by atoms with Crippen LogP contribution in [0.4, 0.5) is 0 Å². The molecule has 0 radical (unpaired) electrons. The normalized spacial score (nSPS) is 12.2. The van der Waals surface area contributed by atoms with Gasteiger partial charge in [0.15, 0.2) is 0 Å². The highest BCUT2D eigenvalue weighted by Gasteiger charge is 2.23. The van der Waals surface area contributed by atoms with E-state index in [0.29, 0.717) is 21.8 Å². The molecular weight excluding hydrogens is 378 g/mol. The average Bonchev–Trinajstić information content (AvgIpc) is 3.11. The molecule has 3 N–H and O–H groups in total. The summed E-state index contributed by atoms with van der Waals surface area (Å²) in [6.45, 7) is 0. The topological polar surface area (TPSA) is 116 Å². The van der Waals surface area contributed by atoms with Crippen molar-refractivity contribution in [2.45, 2.75) is 0 Å². The number of hydrogen-bond donors (Lipinski definition) is 3. The van der Waals surface area contributed by atoms with Crippen LogP contribution in [0.3, 0.4) is 0 Å². The Hall–Kier alpha value is -3.00. The molecule has 5 aromatic rings. The smallest absolute Gasteiger partial charge is 0.261 e. The molecule has 2 aromatic carbocycles. The third-order valence-corrected chi connectivity index (χ3v) is 4.87. The predicted molar refractivity (Wildman–Crippen MR) is 94.7 cm³/mol. The van der Waals surface area contributed by atoms with Crippen molar-refractivity contribution < 1.29 is 0 Å². The fourth-order valence-electron chi connectivity index (χ4n) is 3.48. The Morgan fingerprint density at radius 2 is 1.21 bits per heavy atom. The summed E-state index contributed by atoms with van der Waals surface area (Å²) in [5.74, 6) is 0. The molecule has 0 aliphatic heterocycles. The van der Waals surface area contributed by atoms with Gasteiger partial charge in [0.25, 0.3) is 22.2 Å². The van der Waals surface area contributed by atoms with E-state index in [-0.39, 0.29) is 21.5 Å². The maximum atomic E-state index is 12.3. The van der Waals surface area contributed by atoms with Crippen molar-refractivity contribution >= 4 is 59.3 Å². The summed E-state index contributed by atoms with van der Waals surface area (Å²) in [7, 11) is 0. The molecule has 0 aliphatic rings. The summed E-state index contributed by atoms with van der Waals surface area (Å²) < 4.78 is 0.816. The first-order chi connectivity index (χ1) is 11.5. The monoisotopic (exact) mass is 383 g/mol. The largest absolute Gasteiger partial charge is 0.354 e. The number of aromatic amines is 3. The lowest BCUT2D eigenvalue weighted by Gasteiger charge is -1.96. The van der Waals surface area contributed by atoms with Gasteiger partial charge in [-0.3, -0.25) is 29.1 Å². The highest BCUT2D eigenvalue weighted by Crippen LogP contribution is 2.35. The van der Waals surface area contributed by atoms with Gasteiger partial charge in [-0.15, -0.1) is 0 Å². The Morgan fingerprint density at radius 3 is 1.88 bits per heavy atom. The van der Waals surface area contributed by atoms with E-state index in [1.54, 1.807) is 18.2 Å². The van der Waals surface area contributed by atoms with E-state index in [4.69, 9.17) is 0 Å². The lowest BCUT2D eigenvalue weighted by Crippen LogP contribution is -2.08. The molecule has 0 saturated carbocycles. The summed E-state index contributed by atoms with van der Waals surface area (Å²) in [5.41, 5.74) is -1.42. The minimum atomic E-state index is -0.669. The Balaban J connectivity index is 2.36. The summed E-state index contributed by atoms with van der Waals surface area (Å²) >= 11 is 3.37. The van der Waals surface area contributed by atoms with E-state index in [1.807, 2.05) is 0 Å². The van der Waals surface area contributed by atoms with Crippen molar-refractivity contribution in [2.24, 2.45) is 0 Å². The van der Waals surface area contributed by atoms with Crippen molar-refractivity contribution in [3.8, 4) is 0 Å². The zero-order valence-corrected chi connectivity index (χ0v) is 13.3. The van der Waals surface area contributed by atoms with Crippen LogP contribution in [0, 0.1) is 0 Å². The van der Waals surface area contributed by atoms with E-state index < -0.39 is 22.2 Å². The fraction of sp³-hybridized carbons (Fsp3) is 0. The van der Waals surface area contributed by atoms with E-state index in [9.17, 15) is 19.2 Å². The second-order valence-corrected chi connectivity index (χ2v) is 6.55. The zero-order valence-electron chi connectivity index (χ0n) is 11.7. The molecule has 0 bridgehead atoms. The number of aromatic nitrogens is 3. The van der Waals surface area contributed by atoms with Crippen molar-refractivity contribution in [2.75, 3.05) is 0 Å². The van der Waals surface area contributed by atoms with E-state index in [1.165, 1.54) is 0 Å². The second kappa shape index (κ2) is 4.09. The molecular formula is C16H6BrN3O4. The summed E-state index contributed by atoms with van der Waals surface area (Å²) in [5, 5.41) is 1.33. The number of hydrogen-bond acceptors (Lipinski definition) is 4. The van der Waals surface area contributed by atoms with Crippen LogP contribution in [-0.4, -0.2) is 15.0 Å². The van der Waals surface area contributed by atoms with Crippen LogP contribution in [0.1, 0.15) is 0 Å². The van der Waals surface area contributed by atoms with Gasteiger partial charge < -0.3 is 4.98 Å². The van der Waals surface area contributed by atoms with Crippen LogP contribution in [0.15, 0.2) is 41.8 Å². The first kappa shape index (κ1) is 13.4. The van der Waals surface area contributed by atoms with Crippen molar-refractivity contribution in [1.82, 2.24) is 15.0 Å². The lowest BCUT2D eigenvalue weighted by atomic mass is 10.0. The molecule has 3 heterocycles. The fourth-order valence-corrected chi connectivity index (χ4v) is 3.84. The molecule has 0 atom stereocenters. The Bertz CT molecular complexity index is 1540. The SMILES string of the molecule is O=c1[nH]c(=O)c2c1c1[nH]c3cc(Br)ccc3c1c1c(=O)[nH]c(=O)c21. The highest BCUT2D eigenvalue weighted by atomic mass is 79.9. The number of fused-ring (bicyclic) bond motifs is 8. The van der Waals surface area contributed by atoms with E-state index in [2.05, 4.69) is 30.9 Å². The molecule has 0 spiro atoms. The van der Waals surface area contributed by atoms with Gasteiger partial charge in [0.05, 0.1) is 27.1 Å². The van der Waals surface area contributed by atoms with Gasteiger partial charge in [0.2, 0.25) is 0 Å². The number of rotatable bonds is 0. The number of nitrogens with one attached hydrogen (secondary N) is 3. The maximum Gasteiger partial charge on any atom is 0.261 e. The molecule has 0 fully saturated rings. The highest BCUT2D eigenvalue weighted by molar-refractivity contribution is 9.10. The Morgan fingerprint density at radius 1 is 0.667 bits per heavy atom. The molecule has 0 unspecified atom stereocenters. The Kier molecular flexibility index (Phi) is 2.29. The first-order valence-electron chi connectivity index (χ1n) is 6.99. The van der Waals surface area contributed by atoms with Crippen LogP contribution < -0.4 is 22.2 Å². The van der Waals surface area contributed by atoms with Crippen molar-refractivity contribution in [3.63, 3.8) is 0 Å². The molecule has 3 aromatic heterocycles. The predicted octanol–water partition coefficient (Wildman–Crippen LogP) is 1.36. The third-order valence-electron chi connectivity index (χ3n) is 4.37. The maximum absolute atomic E-state index is 12.3. The van der Waals surface area contributed by atoms with Gasteiger partial charge >= 0.3 is 0 Å². The van der Waals surface area contributed by atoms with Gasteiger partial charge in [-0.25, -0.2) is 0 Å². The van der Waals surface area contributed by atoms with Gasteiger partial charge in [-0.2, -0.15) is 0 Å². The van der Waals surface area contributed by atoms with Gasteiger partial charge in [0.1, 0.15) is 0 Å². The molecule has 0 amide bonds. The third kappa shape index (κ3) is 1.41. The summed E-state index contributed by atoms with van der Waals surface area (Å²) in [4.78, 5) is 56.4. The quantitative estimate of drug-likeness (QED) is 0.374. The number of H-pyrrole nitrogens is 3. The van der Waals surface area contributed by atoms with E-state index in [0.717, 1.165) is 4.47 Å². The molecule has 5 rings (SSSR count). The average molecular weight is 384 g/mol. The minimum absolute atomic E-state index is 0.0327. The van der Waals surface area contributed by atoms with Gasteiger partial charge in [-0.1, -0.05) is 22.0 Å². The lowest BCUT2D eigenvalue weighted by molar-refractivity contribution is 1.26. The zero-order chi connectivity index (χ0) is 16.7. The molecule has 8 heteroatoms. The summed E-state index contributed by atoms with van der Waals surface area (Å²) in [6, 6.07) is 5.39. The molecule has 0 aliphatic carbocycles. The van der Waals surface area contributed by atoms with Crippen LogP contribution in [-0.2, 0) is 0 Å². The second-order valence-electron chi connectivity index (χ2n) is 5.63. The molecule has 7 nitrogen and oxygen atoms in total. The Labute approximate surface area is 138 Å². The minimum Gasteiger partial charge on any atom is -0.354 e. The molecule has 116 valence electrons. The van der Waals surface area contributed by atoms with Crippen LogP contribution in [0.5, 0.6) is 0 Å². The first-order valence-corrected chi connectivity index (χ1v) is 7.79. The number of benzene rings is 2. The van der Waals surface area contributed by atoms with Crippen molar-refractivity contribution in [1.29, 1.82) is 0 Å². The molecule has 24 heavy (non-hydrogen) atoms. The standard InChI is InChI=1S/C16H6BrN3O4/c17-4-1-2-5-6(3-4)18-12-7(5)8-9(14(22)19-13(8)21)10-11(12)16(24)20-15(10)23/h1-3,18H,(H,19,21,22)(H,20,23,24). The van der Waals surface area contributed by atoms with Gasteiger partial charge in [0, 0.05) is 20.8 Å². The van der Waals surface area contributed by atoms with Crippen LogP contribution in [0.2, 0.25) is 0 Å². The van der Waals surface area contributed by atoms with Gasteiger partial charge in [-0.05, 0) is 12.1 Å². The van der Waals surface area contributed by atoms with Crippen LogP contribution >= 0.6 is 15.9 Å².